The maximum Gasteiger partial charge on any atom is 0.178 e. The molecular weight excluding hydrogens is 186 g/mol. The van der Waals surface area contributed by atoms with Gasteiger partial charge in [0.2, 0.25) is 0 Å². The normalized spacial score (nSPS) is 10.2. The minimum atomic E-state index is 0.00159. The third-order valence-corrected chi connectivity index (χ3v) is 2.27. The lowest BCUT2D eigenvalue weighted by atomic mass is 10.1. The second-order valence-corrected chi connectivity index (χ2v) is 3.36. The number of Topliss-reactive ketones (excluding diaryl/α,β-unsaturated/α-hetero) is 1. The van der Waals surface area contributed by atoms with Crippen LogP contribution in [0.2, 0.25) is 0 Å². The molecule has 0 amide bonds. The van der Waals surface area contributed by atoms with E-state index in [1.807, 2.05) is 19.9 Å². The topological polar surface area (TPSA) is 30.0 Å². The van der Waals surface area contributed by atoms with Gasteiger partial charge in [-0.05, 0) is 25.0 Å². The Bertz CT molecular complexity index is 347. The predicted molar refractivity (Wildman–Crippen MR) is 53.3 cm³/mol. The molecule has 0 aromatic carbocycles. The number of hydrogen-bond acceptors (Lipinski definition) is 2. The summed E-state index contributed by atoms with van der Waals surface area (Å²) in [7, 11) is 0. The molecule has 3 heteroatoms. The van der Waals surface area contributed by atoms with E-state index in [1.54, 1.807) is 0 Å². The van der Waals surface area contributed by atoms with Crippen LogP contribution < -0.4 is 0 Å². The molecule has 70 valence electrons. The van der Waals surface area contributed by atoms with Crippen molar-refractivity contribution in [1.29, 1.82) is 0 Å². The minimum Gasteiger partial charge on any atom is -0.293 e. The van der Waals surface area contributed by atoms with Gasteiger partial charge in [-0.15, -0.1) is 11.6 Å². The molecule has 0 aliphatic rings. The highest BCUT2D eigenvalue weighted by Crippen LogP contribution is 2.14. The first-order valence-corrected chi connectivity index (χ1v) is 4.63. The monoisotopic (exact) mass is 197 g/mol. The first-order chi connectivity index (χ1) is 6.06. The lowest BCUT2D eigenvalue weighted by molar-refractivity contribution is 0.101. The highest BCUT2D eigenvalue weighted by atomic mass is 35.5. The van der Waals surface area contributed by atoms with Crippen molar-refractivity contribution < 1.29 is 4.79 Å². The van der Waals surface area contributed by atoms with Gasteiger partial charge in [0.25, 0.3) is 0 Å². The molecule has 1 rings (SSSR count). The number of aromatic nitrogens is 1. The average molecular weight is 198 g/mol. The van der Waals surface area contributed by atoms with Crippen LogP contribution in [0.15, 0.2) is 6.07 Å². The second-order valence-electron chi connectivity index (χ2n) is 3.09. The summed E-state index contributed by atoms with van der Waals surface area (Å²) in [4.78, 5) is 15.3. The Morgan fingerprint density at radius 3 is 2.62 bits per heavy atom. The van der Waals surface area contributed by atoms with Crippen LogP contribution in [0.1, 0.15) is 34.2 Å². The van der Waals surface area contributed by atoms with Gasteiger partial charge in [0.1, 0.15) is 5.69 Å². The van der Waals surface area contributed by atoms with Crippen LogP contribution in [-0.4, -0.2) is 10.8 Å². The van der Waals surface area contributed by atoms with Gasteiger partial charge >= 0.3 is 0 Å². The van der Waals surface area contributed by atoms with Crippen molar-refractivity contribution in [3.05, 3.63) is 28.6 Å². The Hall–Kier alpha value is -0.890. The first kappa shape index (κ1) is 10.2. The fraction of sp³-hybridized carbons (Fsp3) is 0.400. The van der Waals surface area contributed by atoms with Gasteiger partial charge in [-0.25, -0.2) is 4.98 Å². The van der Waals surface area contributed by atoms with E-state index in [9.17, 15) is 4.79 Å². The van der Waals surface area contributed by atoms with Gasteiger partial charge in [0.05, 0.1) is 0 Å². The Balaban J connectivity index is 3.28. The summed E-state index contributed by atoms with van der Waals surface area (Å²) < 4.78 is 0. The SMILES string of the molecule is CC(=O)c1nc(C)c(CCl)cc1C. The van der Waals surface area contributed by atoms with E-state index in [1.165, 1.54) is 6.92 Å². The summed E-state index contributed by atoms with van der Waals surface area (Å²) in [6, 6.07) is 1.92. The number of hydrogen-bond donors (Lipinski definition) is 0. The summed E-state index contributed by atoms with van der Waals surface area (Å²) in [5.74, 6) is 0.444. The molecule has 0 atom stereocenters. The average Bonchev–Trinajstić information content (AvgIpc) is 2.07. The molecule has 1 aromatic heterocycles. The van der Waals surface area contributed by atoms with Gasteiger partial charge in [-0.3, -0.25) is 4.79 Å². The molecule has 1 heterocycles. The van der Waals surface area contributed by atoms with Crippen LogP contribution in [0, 0.1) is 13.8 Å². The van der Waals surface area contributed by atoms with Gasteiger partial charge in [0.15, 0.2) is 5.78 Å². The lowest BCUT2D eigenvalue weighted by Gasteiger charge is -2.06. The van der Waals surface area contributed by atoms with Crippen LogP contribution in [0.25, 0.3) is 0 Å². The van der Waals surface area contributed by atoms with Gasteiger partial charge in [-0.2, -0.15) is 0 Å². The van der Waals surface area contributed by atoms with Gasteiger partial charge < -0.3 is 0 Å². The number of halogens is 1. The van der Waals surface area contributed by atoms with E-state index in [4.69, 9.17) is 11.6 Å². The van der Waals surface area contributed by atoms with Crippen LogP contribution in [0.3, 0.4) is 0 Å². The van der Waals surface area contributed by atoms with Crippen LogP contribution in [0.5, 0.6) is 0 Å². The van der Waals surface area contributed by atoms with Crippen molar-refractivity contribution in [2.75, 3.05) is 0 Å². The van der Waals surface area contributed by atoms with E-state index in [-0.39, 0.29) is 5.78 Å². The van der Waals surface area contributed by atoms with Crippen LogP contribution in [0.4, 0.5) is 0 Å². The number of rotatable bonds is 2. The summed E-state index contributed by atoms with van der Waals surface area (Å²) in [6.45, 7) is 5.26. The molecule has 0 N–H and O–H groups in total. The summed E-state index contributed by atoms with van der Waals surface area (Å²) in [5, 5.41) is 0. The lowest BCUT2D eigenvalue weighted by Crippen LogP contribution is -2.04. The fourth-order valence-electron chi connectivity index (χ4n) is 1.25. The number of pyridine rings is 1. The number of aryl methyl sites for hydroxylation is 2. The third-order valence-electron chi connectivity index (χ3n) is 1.99. The Morgan fingerprint density at radius 1 is 1.54 bits per heavy atom. The number of ketones is 1. The molecule has 0 fully saturated rings. The molecule has 0 aliphatic carbocycles. The van der Waals surface area contributed by atoms with E-state index >= 15 is 0 Å². The molecule has 0 saturated heterocycles. The molecule has 2 nitrogen and oxygen atoms in total. The largest absolute Gasteiger partial charge is 0.293 e. The van der Waals surface area contributed by atoms with Crippen LogP contribution in [-0.2, 0) is 5.88 Å². The van der Waals surface area contributed by atoms with Gasteiger partial charge in [0, 0.05) is 18.5 Å². The second kappa shape index (κ2) is 3.88. The Morgan fingerprint density at radius 2 is 2.15 bits per heavy atom. The van der Waals surface area contributed by atoms with Crippen molar-refractivity contribution in [2.24, 2.45) is 0 Å². The quantitative estimate of drug-likeness (QED) is 0.539. The zero-order valence-electron chi connectivity index (χ0n) is 8.02. The van der Waals surface area contributed by atoms with Crippen molar-refractivity contribution in [3.8, 4) is 0 Å². The zero-order chi connectivity index (χ0) is 10.0. The molecule has 0 aliphatic heterocycles. The highest BCUT2D eigenvalue weighted by Gasteiger charge is 2.08. The summed E-state index contributed by atoms with van der Waals surface area (Å²) in [6.07, 6.45) is 0. The zero-order valence-corrected chi connectivity index (χ0v) is 8.77. The minimum absolute atomic E-state index is 0.00159. The first-order valence-electron chi connectivity index (χ1n) is 4.10. The predicted octanol–water partition coefficient (Wildman–Crippen LogP) is 2.64. The smallest absolute Gasteiger partial charge is 0.178 e. The molecule has 0 spiro atoms. The maximum atomic E-state index is 11.1. The molecule has 0 radical (unpaired) electrons. The van der Waals surface area contributed by atoms with Gasteiger partial charge in [-0.1, -0.05) is 6.07 Å². The fourth-order valence-corrected chi connectivity index (χ4v) is 1.52. The number of nitrogens with zero attached hydrogens (tertiary/aromatic N) is 1. The molecule has 1 aromatic rings. The van der Waals surface area contributed by atoms with Crippen molar-refractivity contribution in [2.45, 2.75) is 26.7 Å². The number of alkyl halides is 1. The van der Waals surface area contributed by atoms with E-state index in [2.05, 4.69) is 4.98 Å². The summed E-state index contributed by atoms with van der Waals surface area (Å²) in [5.41, 5.74) is 3.27. The Kier molecular flexibility index (Phi) is 3.04. The van der Waals surface area contributed by atoms with Crippen molar-refractivity contribution >= 4 is 17.4 Å². The maximum absolute atomic E-state index is 11.1. The Labute approximate surface area is 82.9 Å². The number of carbonyl (C=O) groups excluding carboxylic acids is 1. The van der Waals surface area contributed by atoms with Crippen molar-refractivity contribution in [1.82, 2.24) is 4.98 Å². The summed E-state index contributed by atoms with van der Waals surface area (Å²) >= 11 is 5.71. The molecule has 0 saturated carbocycles. The molecular formula is C10H12ClNO. The molecule has 0 unspecified atom stereocenters. The van der Waals surface area contributed by atoms with E-state index in [0.29, 0.717) is 11.6 Å². The van der Waals surface area contributed by atoms with E-state index in [0.717, 1.165) is 16.8 Å². The molecule has 0 bridgehead atoms. The number of carbonyl (C=O) groups is 1. The highest BCUT2D eigenvalue weighted by molar-refractivity contribution is 6.17. The van der Waals surface area contributed by atoms with Crippen LogP contribution >= 0.6 is 11.6 Å². The third kappa shape index (κ3) is 2.07. The standard InChI is InChI=1S/C10H12ClNO/c1-6-4-9(5-11)7(2)12-10(6)8(3)13/h4H,5H2,1-3H3. The van der Waals surface area contributed by atoms with E-state index < -0.39 is 0 Å². The van der Waals surface area contributed by atoms with Crippen molar-refractivity contribution in [3.63, 3.8) is 0 Å². The molecule has 13 heavy (non-hydrogen) atoms.